The monoisotopic (exact) mass is 217 g/mol. The zero-order valence-electron chi connectivity index (χ0n) is 9.06. The molecular weight excluding hydrogens is 198 g/mol. The number of methoxy groups -OCH3 is 1. The van der Waals surface area contributed by atoms with E-state index in [0.29, 0.717) is 6.54 Å². The molecule has 0 aromatic heterocycles. The van der Waals surface area contributed by atoms with Crippen LogP contribution in [0.2, 0.25) is 0 Å². The number of likely N-dealkylation sites (tertiary alicyclic amines) is 1. The molecule has 0 radical (unpaired) electrons. The number of ether oxygens (including phenoxy) is 1. The number of carbonyl (C=O) groups excluding carboxylic acids is 1. The van der Waals surface area contributed by atoms with Gasteiger partial charge < -0.3 is 14.9 Å². The third kappa shape index (κ3) is 3.44. The number of piperidine rings is 1. The Bertz CT molecular complexity index is 210. The molecule has 88 valence electrons. The summed E-state index contributed by atoms with van der Waals surface area (Å²) in [4.78, 5) is 13.3. The van der Waals surface area contributed by atoms with Crippen molar-refractivity contribution in [3.05, 3.63) is 0 Å². The molecule has 0 aromatic carbocycles. The number of aliphatic hydroxyl groups excluding tert-OH is 2. The maximum atomic E-state index is 11.4. The van der Waals surface area contributed by atoms with E-state index in [-0.39, 0.29) is 18.6 Å². The summed E-state index contributed by atoms with van der Waals surface area (Å²) in [5, 5.41) is 18.1. The molecule has 15 heavy (non-hydrogen) atoms. The second-order valence-electron chi connectivity index (χ2n) is 3.87. The van der Waals surface area contributed by atoms with E-state index in [2.05, 4.69) is 0 Å². The zero-order valence-corrected chi connectivity index (χ0v) is 9.06. The van der Waals surface area contributed by atoms with Crippen LogP contribution >= 0.6 is 0 Å². The highest BCUT2D eigenvalue weighted by atomic mass is 16.5. The quantitative estimate of drug-likeness (QED) is 0.613. The minimum Gasteiger partial charge on any atom is -0.468 e. The van der Waals surface area contributed by atoms with Crippen molar-refractivity contribution in [1.29, 1.82) is 0 Å². The standard InChI is InChI=1S/C10H19NO4/c1-15-10(14)9-4-2-3-5-11(9)6-8(13)7-12/h8-9,12-13H,2-7H2,1H3. The van der Waals surface area contributed by atoms with E-state index in [0.717, 1.165) is 25.8 Å². The van der Waals surface area contributed by atoms with Gasteiger partial charge in [-0.1, -0.05) is 6.42 Å². The summed E-state index contributed by atoms with van der Waals surface area (Å²) >= 11 is 0. The molecule has 1 rings (SSSR count). The van der Waals surface area contributed by atoms with E-state index in [1.165, 1.54) is 7.11 Å². The van der Waals surface area contributed by atoms with Crippen LogP contribution in [-0.2, 0) is 9.53 Å². The molecule has 1 aliphatic rings. The predicted molar refractivity (Wildman–Crippen MR) is 54.3 cm³/mol. The number of rotatable bonds is 4. The van der Waals surface area contributed by atoms with E-state index in [4.69, 9.17) is 9.84 Å². The molecule has 2 unspecified atom stereocenters. The highest BCUT2D eigenvalue weighted by Crippen LogP contribution is 2.18. The first-order chi connectivity index (χ1) is 7.19. The first-order valence-corrected chi connectivity index (χ1v) is 5.29. The van der Waals surface area contributed by atoms with Crippen LogP contribution < -0.4 is 0 Å². The zero-order chi connectivity index (χ0) is 11.3. The number of aliphatic hydroxyl groups is 2. The first kappa shape index (κ1) is 12.4. The fourth-order valence-electron chi connectivity index (χ4n) is 1.94. The lowest BCUT2D eigenvalue weighted by molar-refractivity contribution is -0.149. The van der Waals surface area contributed by atoms with Crippen molar-refractivity contribution < 1.29 is 19.7 Å². The molecule has 0 aromatic rings. The summed E-state index contributed by atoms with van der Waals surface area (Å²) in [6, 6.07) is -0.259. The molecule has 0 amide bonds. The lowest BCUT2D eigenvalue weighted by Gasteiger charge is -2.34. The summed E-state index contributed by atoms with van der Waals surface area (Å²) in [5.74, 6) is -0.250. The molecule has 5 heteroatoms. The van der Waals surface area contributed by atoms with Crippen molar-refractivity contribution in [2.75, 3.05) is 26.8 Å². The van der Waals surface area contributed by atoms with Crippen LogP contribution in [0, 0.1) is 0 Å². The molecule has 2 N–H and O–H groups in total. The van der Waals surface area contributed by atoms with Gasteiger partial charge in [-0.2, -0.15) is 0 Å². The summed E-state index contributed by atoms with van der Waals surface area (Å²) in [6.45, 7) is 0.831. The third-order valence-corrected chi connectivity index (χ3v) is 2.74. The van der Waals surface area contributed by atoms with Gasteiger partial charge in [-0.25, -0.2) is 0 Å². The van der Waals surface area contributed by atoms with Crippen LogP contribution in [0.15, 0.2) is 0 Å². The molecule has 0 spiro atoms. The fraction of sp³-hybridized carbons (Fsp3) is 0.900. The molecule has 1 saturated heterocycles. The molecule has 1 fully saturated rings. The van der Waals surface area contributed by atoms with Gasteiger partial charge >= 0.3 is 5.97 Å². The lowest BCUT2D eigenvalue weighted by atomic mass is 10.0. The summed E-state index contributed by atoms with van der Waals surface area (Å²) in [5.41, 5.74) is 0. The maximum absolute atomic E-state index is 11.4. The molecule has 0 saturated carbocycles. The fourth-order valence-corrected chi connectivity index (χ4v) is 1.94. The molecule has 1 heterocycles. The van der Waals surface area contributed by atoms with Gasteiger partial charge in [0, 0.05) is 6.54 Å². The van der Waals surface area contributed by atoms with Gasteiger partial charge in [0.1, 0.15) is 6.04 Å². The average Bonchev–Trinajstić information content (AvgIpc) is 2.28. The Kier molecular flexibility index (Phi) is 5.01. The number of nitrogens with zero attached hydrogens (tertiary/aromatic N) is 1. The molecule has 2 atom stereocenters. The van der Waals surface area contributed by atoms with Crippen LogP contribution in [0.1, 0.15) is 19.3 Å². The number of β-amino-alcohol motifs (C(OH)–C–C–N with tert-alkyl or cyclic N) is 1. The highest BCUT2D eigenvalue weighted by Gasteiger charge is 2.30. The number of esters is 1. The van der Waals surface area contributed by atoms with Gasteiger partial charge in [0.25, 0.3) is 0 Å². The molecule has 0 bridgehead atoms. The van der Waals surface area contributed by atoms with Gasteiger partial charge in [0.2, 0.25) is 0 Å². The number of hydrogen-bond acceptors (Lipinski definition) is 5. The maximum Gasteiger partial charge on any atom is 0.323 e. The SMILES string of the molecule is COC(=O)C1CCCCN1CC(O)CO. The Morgan fingerprint density at radius 1 is 1.60 bits per heavy atom. The Morgan fingerprint density at radius 2 is 2.33 bits per heavy atom. The van der Waals surface area contributed by atoms with E-state index >= 15 is 0 Å². The number of hydrogen-bond donors (Lipinski definition) is 2. The Balaban J connectivity index is 2.53. The van der Waals surface area contributed by atoms with Crippen molar-refractivity contribution in [3.63, 3.8) is 0 Å². The average molecular weight is 217 g/mol. The Hall–Kier alpha value is -0.650. The van der Waals surface area contributed by atoms with Crippen molar-refractivity contribution in [1.82, 2.24) is 4.90 Å². The number of carbonyl (C=O) groups is 1. The summed E-state index contributed by atoms with van der Waals surface area (Å²) in [6.07, 6.45) is 2.01. The van der Waals surface area contributed by atoms with Crippen LogP contribution in [0.5, 0.6) is 0 Å². The van der Waals surface area contributed by atoms with Crippen LogP contribution in [0.3, 0.4) is 0 Å². The van der Waals surface area contributed by atoms with Crippen molar-refractivity contribution in [2.45, 2.75) is 31.4 Å². The van der Waals surface area contributed by atoms with E-state index in [1.54, 1.807) is 0 Å². The summed E-state index contributed by atoms with van der Waals surface area (Å²) in [7, 11) is 1.37. The van der Waals surface area contributed by atoms with E-state index < -0.39 is 6.10 Å². The van der Waals surface area contributed by atoms with E-state index in [1.807, 2.05) is 4.90 Å². The second kappa shape index (κ2) is 6.05. The van der Waals surface area contributed by atoms with Gasteiger partial charge in [0.15, 0.2) is 0 Å². The van der Waals surface area contributed by atoms with Gasteiger partial charge in [-0.3, -0.25) is 9.69 Å². The second-order valence-corrected chi connectivity index (χ2v) is 3.87. The summed E-state index contributed by atoms with van der Waals surface area (Å²) < 4.78 is 4.71. The van der Waals surface area contributed by atoms with Crippen molar-refractivity contribution >= 4 is 5.97 Å². The molecule has 0 aliphatic carbocycles. The minimum absolute atomic E-state index is 0.250. The smallest absolute Gasteiger partial charge is 0.323 e. The normalized spacial score (nSPS) is 24.9. The molecule has 1 aliphatic heterocycles. The van der Waals surface area contributed by atoms with Crippen molar-refractivity contribution in [2.24, 2.45) is 0 Å². The third-order valence-electron chi connectivity index (χ3n) is 2.74. The van der Waals surface area contributed by atoms with Crippen LogP contribution in [0.4, 0.5) is 0 Å². The highest BCUT2D eigenvalue weighted by molar-refractivity contribution is 5.75. The lowest BCUT2D eigenvalue weighted by Crippen LogP contribution is -2.48. The first-order valence-electron chi connectivity index (χ1n) is 5.29. The minimum atomic E-state index is -0.782. The van der Waals surface area contributed by atoms with Crippen molar-refractivity contribution in [3.8, 4) is 0 Å². The Labute approximate surface area is 89.6 Å². The topological polar surface area (TPSA) is 70.0 Å². The Morgan fingerprint density at radius 3 is 2.93 bits per heavy atom. The molecular formula is C10H19NO4. The largest absolute Gasteiger partial charge is 0.468 e. The van der Waals surface area contributed by atoms with Gasteiger partial charge in [-0.15, -0.1) is 0 Å². The van der Waals surface area contributed by atoms with Crippen LogP contribution in [0.25, 0.3) is 0 Å². The predicted octanol–water partition coefficient (Wildman–Crippen LogP) is -0.633. The van der Waals surface area contributed by atoms with Gasteiger partial charge in [0.05, 0.1) is 19.8 Å². The van der Waals surface area contributed by atoms with Crippen LogP contribution in [-0.4, -0.2) is 60.0 Å². The van der Waals surface area contributed by atoms with Gasteiger partial charge in [-0.05, 0) is 19.4 Å². The molecule has 5 nitrogen and oxygen atoms in total. The van der Waals surface area contributed by atoms with E-state index in [9.17, 15) is 9.90 Å².